The summed E-state index contributed by atoms with van der Waals surface area (Å²) in [6, 6.07) is 14.2. The number of amides is 1. The van der Waals surface area contributed by atoms with Crippen molar-refractivity contribution in [2.24, 2.45) is 0 Å². The van der Waals surface area contributed by atoms with Crippen molar-refractivity contribution in [1.82, 2.24) is 4.72 Å². The van der Waals surface area contributed by atoms with Gasteiger partial charge in [-0.15, -0.1) is 0 Å². The molecule has 2 N–H and O–H groups in total. The van der Waals surface area contributed by atoms with E-state index in [-0.39, 0.29) is 12.3 Å². The van der Waals surface area contributed by atoms with E-state index in [0.29, 0.717) is 23.1 Å². The van der Waals surface area contributed by atoms with Crippen molar-refractivity contribution < 1.29 is 17.9 Å². The van der Waals surface area contributed by atoms with Crippen molar-refractivity contribution in [1.29, 1.82) is 0 Å². The topological polar surface area (TPSA) is 84.5 Å². The lowest BCUT2D eigenvalue weighted by Crippen LogP contribution is -2.33. The second-order valence-corrected chi connectivity index (χ2v) is 7.74. The largest absolute Gasteiger partial charge is 0.489 e. The third-order valence-corrected chi connectivity index (χ3v) is 4.89. The molecular formula is C17H19ClN2O4S. The van der Waals surface area contributed by atoms with Gasteiger partial charge >= 0.3 is 0 Å². The third-order valence-electron chi connectivity index (χ3n) is 3.29. The van der Waals surface area contributed by atoms with Gasteiger partial charge in [0.05, 0.1) is 12.3 Å². The highest BCUT2D eigenvalue weighted by molar-refractivity contribution is 7.89. The Morgan fingerprint density at radius 1 is 1.08 bits per heavy atom. The summed E-state index contributed by atoms with van der Waals surface area (Å²) >= 11 is 5.83. The highest BCUT2D eigenvalue weighted by atomic mass is 35.5. The first-order valence-corrected chi connectivity index (χ1v) is 9.65. The Morgan fingerprint density at radius 3 is 2.32 bits per heavy atom. The first kappa shape index (κ1) is 19.2. The van der Waals surface area contributed by atoms with E-state index in [1.807, 2.05) is 12.1 Å². The molecule has 25 heavy (non-hydrogen) atoms. The van der Waals surface area contributed by atoms with Crippen molar-refractivity contribution in [3.8, 4) is 5.75 Å². The molecule has 1 amide bonds. The molecule has 0 saturated carbocycles. The zero-order valence-electron chi connectivity index (χ0n) is 13.7. The van der Waals surface area contributed by atoms with Crippen LogP contribution in [0.1, 0.15) is 12.5 Å². The van der Waals surface area contributed by atoms with Crippen LogP contribution >= 0.6 is 11.6 Å². The maximum Gasteiger partial charge on any atom is 0.239 e. The molecule has 2 rings (SSSR count). The van der Waals surface area contributed by atoms with Gasteiger partial charge in [0.25, 0.3) is 0 Å². The Kier molecular flexibility index (Phi) is 6.81. The minimum Gasteiger partial charge on any atom is -0.489 e. The van der Waals surface area contributed by atoms with Crippen LogP contribution in [0, 0.1) is 0 Å². The molecule has 0 aliphatic heterocycles. The van der Waals surface area contributed by atoms with Crippen LogP contribution in [0.25, 0.3) is 0 Å². The predicted octanol–water partition coefficient (Wildman–Crippen LogP) is 2.80. The number of ether oxygens (including phenoxy) is 1. The van der Waals surface area contributed by atoms with Crippen LogP contribution in [0.4, 0.5) is 5.69 Å². The normalized spacial score (nSPS) is 11.1. The van der Waals surface area contributed by atoms with E-state index in [0.717, 1.165) is 5.56 Å². The Bertz CT molecular complexity index is 806. The van der Waals surface area contributed by atoms with Gasteiger partial charge in [-0.2, -0.15) is 0 Å². The summed E-state index contributed by atoms with van der Waals surface area (Å²) in [5.74, 6) is 0.145. The van der Waals surface area contributed by atoms with Crippen LogP contribution in [0.3, 0.4) is 0 Å². The van der Waals surface area contributed by atoms with Gasteiger partial charge in [0, 0.05) is 10.7 Å². The highest BCUT2D eigenvalue weighted by Crippen LogP contribution is 2.17. The summed E-state index contributed by atoms with van der Waals surface area (Å²) in [6.07, 6.45) is 0. The number of carbonyl (C=O) groups is 1. The lowest BCUT2D eigenvalue weighted by atomic mass is 10.2. The molecule has 0 aliphatic rings. The monoisotopic (exact) mass is 382 g/mol. The van der Waals surface area contributed by atoms with Gasteiger partial charge in [0.15, 0.2) is 0 Å². The maximum atomic E-state index is 11.7. The van der Waals surface area contributed by atoms with Gasteiger partial charge in [0.1, 0.15) is 12.4 Å². The molecule has 6 nitrogen and oxygen atoms in total. The lowest BCUT2D eigenvalue weighted by Gasteiger charge is -2.09. The number of hydrogen-bond acceptors (Lipinski definition) is 4. The Morgan fingerprint density at radius 2 is 1.72 bits per heavy atom. The van der Waals surface area contributed by atoms with Crippen LogP contribution in [0.15, 0.2) is 48.5 Å². The van der Waals surface area contributed by atoms with Crippen LogP contribution in [0.2, 0.25) is 5.02 Å². The smallest absolute Gasteiger partial charge is 0.239 e. The van der Waals surface area contributed by atoms with E-state index in [9.17, 15) is 13.2 Å². The fraction of sp³-hybridized carbons (Fsp3) is 0.235. The fourth-order valence-electron chi connectivity index (χ4n) is 1.86. The molecule has 0 fully saturated rings. The van der Waals surface area contributed by atoms with Crippen LogP contribution in [0.5, 0.6) is 5.75 Å². The molecule has 2 aromatic rings. The highest BCUT2D eigenvalue weighted by Gasteiger charge is 2.09. The lowest BCUT2D eigenvalue weighted by molar-refractivity contribution is -0.115. The van der Waals surface area contributed by atoms with E-state index in [1.165, 1.54) is 6.92 Å². The van der Waals surface area contributed by atoms with Crippen molar-refractivity contribution in [3.63, 3.8) is 0 Å². The second-order valence-electron chi connectivity index (χ2n) is 5.21. The molecule has 0 spiro atoms. The summed E-state index contributed by atoms with van der Waals surface area (Å²) in [5, 5.41) is 3.28. The van der Waals surface area contributed by atoms with Crippen LogP contribution in [-0.4, -0.2) is 26.6 Å². The predicted molar refractivity (Wildman–Crippen MR) is 98.3 cm³/mol. The molecule has 0 bridgehead atoms. The SMILES string of the molecule is CCS(=O)(=O)NCC(=O)Nc1ccc(OCc2ccc(Cl)cc2)cc1. The van der Waals surface area contributed by atoms with Crippen LogP contribution < -0.4 is 14.8 Å². The summed E-state index contributed by atoms with van der Waals surface area (Å²) in [4.78, 5) is 11.7. The quantitative estimate of drug-likeness (QED) is 0.735. The van der Waals surface area contributed by atoms with E-state index in [1.54, 1.807) is 36.4 Å². The number of halogens is 1. The number of nitrogens with one attached hydrogen (secondary N) is 2. The Labute approximate surface area is 152 Å². The standard InChI is InChI=1S/C17H19ClN2O4S/c1-2-25(22,23)19-11-17(21)20-15-7-9-16(10-8-15)24-12-13-3-5-14(18)6-4-13/h3-10,19H,2,11-12H2,1H3,(H,20,21). The van der Waals surface area contributed by atoms with Gasteiger partial charge in [-0.1, -0.05) is 23.7 Å². The zero-order valence-corrected chi connectivity index (χ0v) is 15.2. The average Bonchev–Trinajstić information content (AvgIpc) is 2.61. The minimum atomic E-state index is -3.39. The van der Waals surface area contributed by atoms with Crippen molar-refractivity contribution in [2.45, 2.75) is 13.5 Å². The minimum absolute atomic E-state index is 0.0695. The summed E-state index contributed by atoms with van der Waals surface area (Å²) in [7, 11) is -3.39. The van der Waals surface area contributed by atoms with Gasteiger partial charge < -0.3 is 10.1 Å². The summed E-state index contributed by atoms with van der Waals surface area (Å²) in [6.45, 7) is 1.61. The van der Waals surface area contributed by atoms with Gasteiger partial charge in [0.2, 0.25) is 15.9 Å². The van der Waals surface area contributed by atoms with E-state index < -0.39 is 15.9 Å². The van der Waals surface area contributed by atoms with E-state index in [2.05, 4.69) is 10.0 Å². The molecular weight excluding hydrogens is 364 g/mol. The average molecular weight is 383 g/mol. The molecule has 0 saturated heterocycles. The van der Waals surface area contributed by atoms with Crippen molar-refractivity contribution in [3.05, 3.63) is 59.1 Å². The molecule has 8 heteroatoms. The van der Waals surface area contributed by atoms with Crippen LogP contribution in [-0.2, 0) is 21.4 Å². The third kappa shape index (κ3) is 6.74. The number of hydrogen-bond donors (Lipinski definition) is 2. The molecule has 0 aliphatic carbocycles. The molecule has 0 unspecified atom stereocenters. The van der Waals surface area contributed by atoms with Crippen molar-refractivity contribution >= 4 is 33.2 Å². The zero-order chi connectivity index (χ0) is 18.3. The molecule has 0 radical (unpaired) electrons. The first-order chi connectivity index (χ1) is 11.9. The van der Waals surface area contributed by atoms with Crippen molar-refractivity contribution in [2.75, 3.05) is 17.6 Å². The Hall–Kier alpha value is -2.09. The second kappa shape index (κ2) is 8.84. The van der Waals surface area contributed by atoms with Gasteiger partial charge in [-0.3, -0.25) is 4.79 Å². The number of benzene rings is 2. The number of sulfonamides is 1. The summed E-state index contributed by atoms with van der Waals surface area (Å²) < 4.78 is 30.4. The Balaban J connectivity index is 1.83. The molecule has 0 heterocycles. The van der Waals surface area contributed by atoms with Gasteiger partial charge in [-0.05, 0) is 48.9 Å². The number of carbonyl (C=O) groups excluding carboxylic acids is 1. The molecule has 0 atom stereocenters. The number of rotatable bonds is 8. The number of anilines is 1. The molecule has 134 valence electrons. The van der Waals surface area contributed by atoms with E-state index >= 15 is 0 Å². The molecule has 0 aromatic heterocycles. The fourth-order valence-corrected chi connectivity index (χ4v) is 2.55. The summed E-state index contributed by atoms with van der Waals surface area (Å²) in [5.41, 5.74) is 1.55. The first-order valence-electron chi connectivity index (χ1n) is 7.62. The van der Waals surface area contributed by atoms with E-state index in [4.69, 9.17) is 16.3 Å². The van der Waals surface area contributed by atoms with Gasteiger partial charge in [-0.25, -0.2) is 13.1 Å². The maximum absolute atomic E-state index is 11.7. The molecule has 2 aromatic carbocycles.